The molecule has 0 aliphatic rings. The van der Waals surface area contributed by atoms with Crippen molar-refractivity contribution >= 4 is 28.9 Å². The lowest BCUT2D eigenvalue weighted by atomic mass is 10.1. The maximum absolute atomic E-state index is 12.3. The van der Waals surface area contributed by atoms with Crippen molar-refractivity contribution in [3.8, 4) is 5.75 Å². The Balaban J connectivity index is 2.35. The van der Waals surface area contributed by atoms with Crippen LogP contribution >= 0.6 is 11.6 Å². The summed E-state index contributed by atoms with van der Waals surface area (Å²) >= 11 is 5.93. The zero-order valence-corrected chi connectivity index (χ0v) is 12.0. The highest BCUT2D eigenvalue weighted by Gasteiger charge is 2.15. The van der Waals surface area contributed by atoms with Gasteiger partial charge in [0.2, 0.25) is 0 Å². The fourth-order valence-electron chi connectivity index (χ4n) is 1.96. The molecule has 0 atom stereocenters. The molecule has 2 aromatic carbocycles. The van der Waals surface area contributed by atoms with Crippen LogP contribution < -0.4 is 15.8 Å². The normalized spacial score (nSPS) is 10.2. The average molecular weight is 291 g/mol. The minimum Gasteiger partial charge on any atom is -0.495 e. The van der Waals surface area contributed by atoms with E-state index in [9.17, 15) is 4.79 Å². The van der Waals surface area contributed by atoms with Gasteiger partial charge in [-0.1, -0.05) is 23.7 Å². The summed E-state index contributed by atoms with van der Waals surface area (Å²) in [6, 6.07) is 10.4. The van der Waals surface area contributed by atoms with E-state index in [4.69, 9.17) is 22.1 Å². The van der Waals surface area contributed by atoms with E-state index in [1.807, 2.05) is 13.0 Å². The van der Waals surface area contributed by atoms with Crippen LogP contribution in [-0.2, 0) is 0 Å². The number of halogens is 1. The molecule has 0 bridgehead atoms. The molecule has 4 nitrogen and oxygen atoms in total. The molecule has 20 heavy (non-hydrogen) atoms. The number of nitrogens with one attached hydrogen (secondary N) is 1. The number of rotatable bonds is 3. The van der Waals surface area contributed by atoms with Crippen molar-refractivity contribution in [1.29, 1.82) is 0 Å². The number of aryl methyl sites for hydroxylation is 1. The summed E-state index contributed by atoms with van der Waals surface area (Å²) in [5.74, 6) is 0.246. The summed E-state index contributed by atoms with van der Waals surface area (Å²) in [4.78, 5) is 12.3. The lowest BCUT2D eigenvalue weighted by Gasteiger charge is -2.13. The first kappa shape index (κ1) is 14.2. The molecule has 0 fully saturated rings. The van der Waals surface area contributed by atoms with Gasteiger partial charge in [-0.25, -0.2) is 0 Å². The number of hydrogen-bond acceptors (Lipinski definition) is 3. The predicted molar refractivity (Wildman–Crippen MR) is 81.5 cm³/mol. The van der Waals surface area contributed by atoms with Gasteiger partial charge in [0.1, 0.15) is 5.75 Å². The fraction of sp³-hybridized carbons (Fsp3) is 0.133. The second-order valence-electron chi connectivity index (χ2n) is 4.34. The van der Waals surface area contributed by atoms with E-state index in [-0.39, 0.29) is 5.91 Å². The van der Waals surface area contributed by atoms with Crippen molar-refractivity contribution in [1.82, 2.24) is 0 Å². The minimum absolute atomic E-state index is 0.291. The predicted octanol–water partition coefficient (Wildman–Crippen LogP) is 3.49. The third kappa shape index (κ3) is 2.86. The van der Waals surface area contributed by atoms with Crippen molar-refractivity contribution < 1.29 is 9.53 Å². The monoisotopic (exact) mass is 290 g/mol. The van der Waals surface area contributed by atoms with E-state index in [1.165, 1.54) is 7.11 Å². The highest BCUT2D eigenvalue weighted by Crippen LogP contribution is 2.29. The van der Waals surface area contributed by atoms with Gasteiger partial charge in [-0.05, 0) is 36.8 Å². The molecule has 0 spiro atoms. The number of methoxy groups -OCH3 is 1. The number of carbonyl (C=O) groups excluding carboxylic acids is 1. The molecule has 0 heterocycles. The third-order valence-electron chi connectivity index (χ3n) is 2.94. The Morgan fingerprint density at radius 3 is 2.70 bits per heavy atom. The molecule has 0 saturated heterocycles. The molecule has 0 radical (unpaired) electrons. The average Bonchev–Trinajstić information content (AvgIpc) is 2.38. The molecule has 104 valence electrons. The van der Waals surface area contributed by atoms with Crippen LogP contribution in [0.5, 0.6) is 5.75 Å². The zero-order chi connectivity index (χ0) is 14.7. The number of carbonyl (C=O) groups is 1. The number of nitrogens with two attached hydrogens (primary N) is 1. The first-order valence-electron chi connectivity index (χ1n) is 6.03. The molecule has 0 aromatic heterocycles. The molecule has 3 N–H and O–H groups in total. The van der Waals surface area contributed by atoms with Crippen LogP contribution in [0.3, 0.4) is 0 Å². The van der Waals surface area contributed by atoms with Crippen molar-refractivity contribution in [2.45, 2.75) is 6.92 Å². The Morgan fingerprint density at radius 1 is 1.30 bits per heavy atom. The largest absolute Gasteiger partial charge is 0.495 e. The Kier molecular flexibility index (Phi) is 4.15. The fourth-order valence-corrected chi connectivity index (χ4v) is 2.14. The van der Waals surface area contributed by atoms with Crippen molar-refractivity contribution in [2.75, 3.05) is 18.2 Å². The van der Waals surface area contributed by atoms with Gasteiger partial charge in [-0.15, -0.1) is 0 Å². The van der Waals surface area contributed by atoms with Crippen molar-refractivity contribution in [2.24, 2.45) is 0 Å². The second-order valence-corrected chi connectivity index (χ2v) is 4.77. The summed E-state index contributed by atoms with van der Waals surface area (Å²) in [5, 5.41) is 3.28. The molecular formula is C15H15ClN2O2. The number of nitrogen functional groups attached to an aromatic ring is 1. The minimum atomic E-state index is -0.291. The molecular weight excluding hydrogens is 276 g/mol. The Bertz CT molecular complexity index is 636. The van der Waals surface area contributed by atoms with Crippen LogP contribution in [0.15, 0.2) is 36.4 Å². The van der Waals surface area contributed by atoms with Crippen LogP contribution in [0.25, 0.3) is 0 Å². The van der Waals surface area contributed by atoms with E-state index in [2.05, 4.69) is 5.32 Å². The Labute approximate surface area is 122 Å². The lowest BCUT2D eigenvalue weighted by Crippen LogP contribution is -2.16. The lowest BCUT2D eigenvalue weighted by molar-refractivity contribution is 0.102. The van der Waals surface area contributed by atoms with E-state index in [0.717, 1.165) is 5.56 Å². The molecule has 0 saturated carbocycles. The number of hydrogen-bond donors (Lipinski definition) is 2. The highest BCUT2D eigenvalue weighted by molar-refractivity contribution is 6.31. The quantitative estimate of drug-likeness (QED) is 0.851. The van der Waals surface area contributed by atoms with E-state index < -0.39 is 0 Å². The van der Waals surface area contributed by atoms with E-state index in [0.29, 0.717) is 27.7 Å². The number of benzene rings is 2. The summed E-state index contributed by atoms with van der Waals surface area (Å²) in [6.07, 6.45) is 0. The van der Waals surface area contributed by atoms with Crippen molar-refractivity contribution in [3.63, 3.8) is 0 Å². The van der Waals surface area contributed by atoms with Gasteiger partial charge in [-0.3, -0.25) is 4.79 Å². The number of amides is 1. The smallest absolute Gasteiger partial charge is 0.258 e. The maximum Gasteiger partial charge on any atom is 0.258 e. The van der Waals surface area contributed by atoms with Gasteiger partial charge >= 0.3 is 0 Å². The molecule has 2 rings (SSSR count). The molecule has 0 aliphatic carbocycles. The Hall–Kier alpha value is -2.20. The molecule has 0 unspecified atom stereocenters. The van der Waals surface area contributed by atoms with Crippen LogP contribution in [-0.4, -0.2) is 13.0 Å². The SMILES string of the molecule is COc1ccc(Cl)cc1NC(=O)c1c(C)cccc1N. The number of anilines is 2. The van der Waals surface area contributed by atoms with Crippen LogP contribution in [0.1, 0.15) is 15.9 Å². The summed E-state index contributed by atoms with van der Waals surface area (Å²) in [5.41, 5.74) is 8.06. The number of ether oxygens (including phenoxy) is 1. The van der Waals surface area contributed by atoms with Gasteiger partial charge in [0.25, 0.3) is 5.91 Å². The zero-order valence-electron chi connectivity index (χ0n) is 11.2. The second kappa shape index (κ2) is 5.84. The molecule has 2 aromatic rings. The summed E-state index contributed by atoms with van der Waals surface area (Å²) in [6.45, 7) is 1.83. The first-order valence-corrected chi connectivity index (χ1v) is 6.40. The van der Waals surface area contributed by atoms with Crippen LogP contribution in [0, 0.1) is 6.92 Å². The van der Waals surface area contributed by atoms with Gasteiger partial charge in [-0.2, -0.15) is 0 Å². The Morgan fingerprint density at radius 2 is 2.05 bits per heavy atom. The standard InChI is InChI=1S/C15H15ClN2O2/c1-9-4-3-5-11(17)14(9)15(19)18-12-8-10(16)6-7-13(12)20-2/h3-8H,17H2,1-2H3,(H,18,19). The third-order valence-corrected chi connectivity index (χ3v) is 3.18. The van der Waals surface area contributed by atoms with Crippen LogP contribution in [0.4, 0.5) is 11.4 Å². The molecule has 1 amide bonds. The van der Waals surface area contributed by atoms with E-state index >= 15 is 0 Å². The highest BCUT2D eigenvalue weighted by atomic mass is 35.5. The summed E-state index contributed by atoms with van der Waals surface area (Å²) < 4.78 is 5.19. The maximum atomic E-state index is 12.3. The van der Waals surface area contributed by atoms with Crippen LogP contribution in [0.2, 0.25) is 5.02 Å². The molecule has 0 aliphatic heterocycles. The molecule has 5 heteroatoms. The first-order chi connectivity index (χ1) is 9.52. The van der Waals surface area contributed by atoms with Crippen molar-refractivity contribution in [3.05, 3.63) is 52.5 Å². The van der Waals surface area contributed by atoms with Gasteiger partial charge < -0.3 is 15.8 Å². The van der Waals surface area contributed by atoms with Gasteiger partial charge in [0.15, 0.2) is 0 Å². The van der Waals surface area contributed by atoms with E-state index in [1.54, 1.807) is 30.3 Å². The van der Waals surface area contributed by atoms with Gasteiger partial charge in [0, 0.05) is 10.7 Å². The topological polar surface area (TPSA) is 64.3 Å². The van der Waals surface area contributed by atoms with Gasteiger partial charge in [0.05, 0.1) is 18.4 Å². The summed E-state index contributed by atoms with van der Waals surface area (Å²) in [7, 11) is 1.53.